The standard InChI is InChI=1S/C13H11N3OS/c1-17-10-2-3-11-12(5-10)18-13(16-11)8-4-9(14)7-15-6-8/h2-7H,14H2,1H3. The molecule has 2 aromatic heterocycles. The number of hydrogen-bond acceptors (Lipinski definition) is 5. The van der Waals surface area contributed by atoms with Gasteiger partial charge in [0.05, 0.1) is 23.0 Å². The number of fused-ring (bicyclic) bond motifs is 1. The van der Waals surface area contributed by atoms with Crippen LogP contribution in [0.2, 0.25) is 0 Å². The topological polar surface area (TPSA) is 61.0 Å². The number of rotatable bonds is 2. The number of methoxy groups -OCH3 is 1. The number of aromatic nitrogens is 2. The van der Waals surface area contributed by atoms with Gasteiger partial charge < -0.3 is 10.5 Å². The van der Waals surface area contributed by atoms with Crippen molar-refractivity contribution in [1.29, 1.82) is 0 Å². The van der Waals surface area contributed by atoms with E-state index >= 15 is 0 Å². The highest BCUT2D eigenvalue weighted by Gasteiger charge is 2.07. The highest BCUT2D eigenvalue weighted by atomic mass is 32.1. The van der Waals surface area contributed by atoms with E-state index in [1.54, 1.807) is 30.8 Å². The van der Waals surface area contributed by atoms with Crippen LogP contribution in [0, 0.1) is 0 Å². The van der Waals surface area contributed by atoms with Crippen LogP contribution in [0.5, 0.6) is 5.75 Å². The van der Waals surface area contributed by atoms with Gasteiger partial charge in [-0.2, -0.15) is 0 Å². The number of hydrogen-bond donors (Lipinski definition) is 1. The van der Waals surface area contributed by atoms with Crippen molar-refractivity contribution in [2.24, 2.45) is 0 Å². The molecule has 0 atom stereocenters. The molecule has 18 heavy (non-hydrogen) atoms. The number of nitrogens with two attached hydrogens (primary N) is 1. The first-order valence-electron chi connectivity index (χ1n) is 5.42. The predicted molar refractivity (Wildman–Crippen MR) is 73.8 cm³/mol. The molecule has 0 amide bonds. The maximum atomic E-state index is 5.73. The summed E-state index contributed by atoms with van der Waals surface area (Å²) in [5.74, 6) is 0.836. The molecule has 0 saturated heterocycles. The molecular formula is C13H11N3OS. The Morgan fingerprint density at radius 2 is 2.11 bits per heavy atom. The third-order valence-electron chi connectivity index (χ3n) is 2.60. The number of nitrogen functional groups attached to an aromatic ring is 1. The van der Waals surface area contributed by atoms with Crippen molar-refractivity contribution in [3.63, 3.8) is 0 Å². The minimum atomic E-state index is 0.643. The first-order valence-corrected chi connectivity index (χ1v) is 6.23. The Bertz CT molecular complexity index is 708. The highest BCUT2D eigenvalue weighted by molar-refractivity contribution is 7.21. The largest absolute Gasteiger partial charge is 0.497 e. The third-order valence-corrected chi connectivity index (χ3v) is 3.67. The Balaban J connectivity index is 2.13. The fourth-order valence-corrected chi connectivity index (χ4v) is 2.71. The molecule has 2 N–H and O–H groups in total. The summed E-state index contributed by atoms with van der Waals surface area (Å²) in [6, 6.07) is 7.72. The molecule has 90 valence electrons. The van der Waals surface area contributed by atoms with Gasteiger partial charge in [0.2, 0.25) is 0 Å². The quantitative estimate of drug-likeness (QED) is 0.766. The average Bonchev–Trinajstić information content (AvgIpc) is 2.81. The van der Waals surface area contributed by atoms with Gasteiger partial charge in [-0.25, -0.2) is 4.98 Å². The number of benzene rings is 1. The van der Waals surface area contributed by atoms with Gasteiger partial charge in [-0.1, -0.05) is 0 Å². The molecular weight excluding hydrogens is 246 g/mol. The van der Waals surface area contributed by atoms with E-state index in [1.165, 1.54) is 0 Å². The summed E-state index contributed by atoms with van der Waals surface area (Å²) in [5, 5.41) is 0.915. The molecule has 5 heteroatoms. The van der Waals surface area contributed by atoms with Crippen molar-refractivity contribution < 1.29 is 4.74 Å². The summed E-state index contributed by atoms with van der Waals surface area (Å²) in [4.78, 5) is 8.65. The summed E-state index contributed by atoms with van der Waals surface area (Å²) in [6.45, 7) is 0. The lowest BCUT2D eigenvalue weighted by atomic mass is 10.3. The molecule has 0 spiro atoms. The Hall–Kier alpha value is -2.14. The van der Waals surface area contributed by atoms with Crippen LogP contribution >= 0.6 is 11.3 Å². The molecule has 0 aliphatic rings. The van der Waals surface area contributed by atoms with Crippen LogP contribution in [0.3, 0.4) is 0 Å². The van der Waals surface area contributed by atoms with Gasteiger partial charge in [0.15, 0.2) is 0 Å². The fourth-order valence-electron chi connectivity index (χ4n) is 1.73. The lowest BCUT2D eigenvalue weighted by Gasteiger charge is -1.96. The first-order chi connectivity index (χ1) is 8.76. The van der Waals surface area contributed by atoms with Gasteiger partial charge >= 0.3 is 0 Å². The van der Waals surface area contributed by atoms with Crippen LogP contribution in [-0.2, 0) is 0 Å². The van der Waals surface area contributed by atoms with E-state index in [0.29, 0.717) is 5.69 Å². The van der Waals surface area contributed by atoms with Crippen LogP contribution in [0.1, 0.15) is 0 Å². The van der Waals surface area contributed by atoms with Crippen molar-refractivity contribution in [2.45, 2.75) is 0 Å². The summed E-state index contributed by atoms with van der Waals surface area (Å²) < 4.78 is 6.29. The first kappa shape index (κ1) is 11.0. The second-order valence-corrected chi connectivity index (χ2v) is 4.89. The summed E-state index contributed by atoms with van der Waals surface area (Å²) >= 11 is 1.60. The zero-order chi connectivity index (χ0) is 12.5. The normalized spacial score (nSPS) is 10.7. The molecule has 0 bridgehead atoms. The molecule has 3 rings (SSSR count). The Morgan fingerprint density at radius 3 is 2.89 bits per heavy atom. The lowest BCUT2D eigenvalue weighted by molar-refractivity contribution is 0.415. The lowest BCUT2D eigenvalue weighted by Crippen LogP contribution is -1.86. The second-order valence-electron chi connectivity index (χ2n) is 3.86. The van der Waals surface area contributed by atoms with Crippen LogP contribution < -0.4 is 10.5 Å². The Kier molecular flexibility index (Phi) is 2.60. The number of anilines is 1. The highest BCUT2D eigenvalue weighted by Crippen LogP contribution is 2.32. The van der Waals surface area contributed by atoms with Crippen LogP contribution in [0.25, 0.3) is 20.8 Å². The fraction of sp³-hybridized carbons (Fsp3) is 0.0769. The predicted octanol–water partition coefficient (Wildman–Crippen LogP) is 2.95. The molecule has 0 unspecified atom stereocenters. The van der Waals surface area contributed by atoms with E-state index in [4.69, 9.17) is 10.5 Å². The average molecular weight is 257 g/mol. The van der Waals surface area contributed by atoms with E-state index in [2.05, 4.69) is 9.97 Å². The molecule has 0 saturated carbocycles. The van der Waals surface area contributed by atoms with E-state index < -0.39 is 0 Å². The zero-order valence-electron chi connectivity index (χ0n) is 9.75. The van der Waals surface area contributed by atoms with Crippen LogP contribution in [0.15, 0.2) is 36.7 Å². The molecule has 4 nitrogen and oxygen atoms in total. The molecule has 0 fully saturated rings. The van der Waals surface area contributed by atoms with Gasteiger partial charge in [-0.05, 0) is 24.3 Å². The number of ether oxygens (including phenoxy) is 1. The van der Waals surface area contributed by atoms with Crippen molar-refractivity contribution in [1.82, 2.24) is 9.97 Å². The van der Waals surface area contributed by atoms with Crippen molar-refractivity contribution in [3.8, 4) is 16.3 Å². The van der Waals surface area contributed by atoms with Crippen LogP contribution in [0.4, 0.5) is 5.69 Å². The van der Waals surface area contributed by atoms with E-state index in [9.17, 15) is 0 Å². The van der Waals surface area contributed by atoms with E-state index in [1.807, 2.05) is 24.3 Å². The maximum absolute atomic E-state index is 5.73. The minimum absolute atomic E-state index is 0.643. The van der Waals surface area contributed by atoms with Crippen molar-refractivity contribution >= 4 is 27.2 Å². The molecule has 0 aliphatic carbocycles. The molecule has 0 radical (unpaired) electrons. The summed E-state index contributed by atoms with van der Waals surface area (Å²) in [6.07, 6.45) is 3.39. The van der Waals surface area contributed by atoms with Crippen molar-refractivity contribution in [3.05, 3.63) is 36.7 Å². The zero-order valence-corrected chi connectivity index (χ0v) is 10.6. The molecule has 3 aromatic rings. The Morgan fingerprint density at radius 1 is 1.22 bits per heavy atom. The maximum Gasteiger partial charge on any atom is 0.126 e. The third kappa shape index (κ3) is 1.89. The second kappa shape index (κ2) is 4.27. The van der Waals surface area contributed by atoms with Gasteiger partial charge in [-0.15, -0.1) is 11.3 Å². The smallest absolute Gasteiger partial charge is 0.126 e. The summed E-state index contributed by atoms with van der Waals surface area (Å²) in [7, 11) is 1.66. The SMILES string of the molecule is COc1ccc2nc(-c3cncc(N)c3)sc2c1. The van der Waals surface area contributed by atoms with Crippen molar-refractivity contribution in [2.75, 3.05) is 12.8 Å². The molecule has 1 aromatic carbocycles. The van der Waals surface area contributed by atoms with Crippen LogP contribution in [-0.4, -0.2) is 17.1 Å². The summed E-state index contributed by atoms with van der Waals surface area (Å²) in [5.41, 5.74) is 8.27. The van der Waals surface area contributed by atoms with Gasteiger partial charge in [0.25, 0.3) is 0 Å². The number of nitrogens with zero attached hydrogens (tertiary/aromatic N) is 2. The Labute approximate surface area is 108 Å². The monoisotopic (exact) mass is 257 g/mol. The number of pyridine rings is 1. The number of thiazole rings is 1. The van der Waals surface area contributed by atoms with Gasteiger partial charge in [-0.3, -0.25) is 4.98 Å². The van der Waals surface area contributed by atoms with E-state index in [-0.39, 0.29) is 0 Å². The molecule has 0 aliphatic heterocycles. The van der Waals surface area contributed by atoms with E-state index in [0.717, 1.165) is 26.5 Å². The van der Waals surface area contributed by atoms with Gasteiger partial charge in [0.1, 0.15) is 10.8 Å². The van der Waals surface area contributed by atoms with Gasteiger partial charge in [0, 0.05) is 18.0 Å². The molecule has 2 heterocycles. The minimum Gasteiger partial charge on any atom is -0.497 e.